The lowest BCUT2D eigenvalue weighted by Gasteiger charge is -2.09. The molecule has 0 aliphatic heterocycles. The number of carbonyl (C=O) groups excluding carboxylic acids is 1. The monoisotopic (exact) mass is 352 g/mol. The molecular weight excluding hydrogens is 336 g/mol. The normalized spacial score (nSPS) is 10.4. The van der Waals surface area contributed by atoms with Crippen LogP contribution in [0.2, 0.25) is 0 Å². The summed E-state index contributed by atoms with van der Waals surface area (Å²) in [4.78, 5) is 47.9. The van der Waals surface area contributed by atoms with Crippen LogP contribution in [0.1, 0.15) is 21.7 Å². The van der Waals surface area contributed by atoms with Crippen LogP contribution in [0.25, 0.3) is 0 Å². The van der Waals surface area contributed by atoms with Gasteiger partial charge < -0.3 is 15.6 Å². The predicted molar refractivity (Wildman–Crippen MR) is 96.9 cm³/mol. The molecule has 3 rings (SSSR count). The van der Waals surface area contributed by atoms with Crippen molar-refractivity contribution in [3.05, 3.63) is 74.3 Å². The second-order valence-electron chi connectivity index (χ2n) is 5.62. The fourth-order valence-electron chi connectivity index (χ4n) is 2.35. The van der Waals surface area contributed by atoms with Crippen LogP contribution in [0.4, 0.5) is 17.3 Å². The highest BCUT2D eigenvalue weighted by Gasteiger charge is 2.10. The number of anilines is 3. The summed E-state index contributed by atoms with van der Waals surface area (Å²) in [5.41, 5.74) is 1.22. The van der Waals surface area contributed by atoms with Crippen LogP contribution in [-0.4, -0.2) is 25.8 Å². The highest BCUT2D eigenvalue weighted by molar-refractivity contribution is 6.04. The molecule has 2 aromatic heterocycles. The van der Waals surface area contributed by atoms with Crippen molar-refractivity contribution in [1.82, 2.24) is 19.9 Å². The summed E-state index contributed by atoms with van der Waals surface area (Å²) in [6, 6.07) is 8.53. The van der Waals surface area contributed by atoms with Crippen LogP contribution in [0, 0.1) is 13.8 Å². The number of nitrogens with zero attached hydrogens (tertiary/aromatic N) is 2. The van der Waals surface area contributed by atoms with Gasteiger partial charge in [0.25, 0.3) is 11.5 Å². The molecule has 3 aromatic rings. The third-order valence-electron chi connectivity index (χ3n) is 3.43. The summed E-state index contributed by atoms with van der Waals surface area (Å²) >= 11 is 0. The van der Waals surface area contributed by atoms with E-state index in [-0.39, 0.29) is 5.69 Å². The van der Waals surface area contributed by atoms with Gasteiger partial charge in [-0.1, -0.05) is 6.07 Å². The van der Waals surface area contributed by atoms with E-state index in [1.165, 1.54) is 0 Å². The second kappa shape index (κ2) is 7.01. The molecular formula is C17H16N6O3. The van der Waals surface area contributed by atoms with E-state index in [9.17, 15) is 14.4 Å². The van der Waals surface area contributed by atoms with Gasteiger partial charge in [0.1, 0.15) is 5.69 Å². The van der Waals surface area contributed by atoms with Crippen LogP contribution in [0.15, 0.2) is 46.1 Å². The van der Waals surface area contributed by atoms with Gasteiger partial charge in [-0.15, -0.1) is 0 Å². The van der Waals surface area contributed by atoms with E-state index in [0.717, 1.165) is 17.6 Å². The fourth-order valence-corrected chi connectivity index (χ4v) is 2.35. The standard InChI is InChI=1S/C17H16N6O3/c1-9-6-10(2)20-16(19-9)21-12-5-3-4-11(7-12)14(24)22-13-8-18-17(26)23-15(13)25/h3-8H,1-2H3,(H,22,24)(H,19,20,21)(H2,18,23,25,26). The zero-order valence-corrected chi connectivity index (χ0v) is 14.1. The molecule has 0 fully saturated rings. The fraction of sp³-hybridized carbons (Fsp3) is 0.118. The Hall–Kier alpha value is -3.75. The Kier molecular flexibility index (Phi) is 4.61. The first kappa shape index (κ1) is 17.1. The van der Waals surface area contributed by atoms with Gasteiger partial charge in [-0.3, -0.25) is 14.6 Å². The summed E-state index contributed by atoms with van der Waals surface area (Å²) < 4.78 is 0. The molecule has 0 saturated heterocycles. The second-order valence-corrected chi connectivity index (χ2v) is 5.62. The van der Waals surface area contributed by atoms with Crippen molar-refractivity contribution in [3.8, 4) is 0 Å². The minimum atomic E-state index is -0.681. The lowest BCUT2D eigenvalue weighted by Crippen LogP contribution is -2.26. The number of amides is 1. The molecule has 0 spiro atoms. The number of H-pyrrole nitrogens is 2. The summed E-state index contributed by atoms with van der Waals surface area (Å²) in [7, 11) is 0. The summed E-state index contributed by atoms with van der Waals surface area (Å²) in [6.45, 7) is 3.73. The van der Waals surface area contributed by atoms with Crippen molar-refractivity contribution in [2.45, 2.75) is 13.8 Å². The Morgan fingerprint density at radius 3 is 2.50 bits per heavy atom. The molecule has 0 saturated carbocycles. The van der Waals surface area contributed by atoms with E-state index in [4.69, 9.17) is 0 Å². The Morgan fingerprint density at radius 2 is 1.81 bits per heavy atom. The lowest BCUT2D eigenvalue weighted by molar-refractivity contribution is 0.102. The molecule has 0 aliphatic rings. The van der Waals surface area contributed by atoms with Crippen LogP contribution in [-0.2, 0) is 0 Å². The number of rotatable bonds is 4. The van der Waals surface area contributed by atoms with E-state index < -0.39 is 17.2 Å². The number of aryl methyl sites for hydroxylation is 2. The average molecular weight is 352 g/mol. The highest BCUT2D eigenvalue weighted by Crippen LogP contribution is 2.16. The molecule has 9 heteroatoms. The van der Waals surface area contributed by atoms with Gasteiger partial charge >= 0.3 is 5.69 Å². The molecule has 0 radical (unpaired) electrons. The SMILES string of the molecule is Cc1cc(C)nc(Nc2cccc(C(=O)Nc3c[nH]c(=O)[nH]c3=O)c2)n1. The molecule has 0 atom stereocenters. The lowest BCUT2D eigenvalue weighted by atomic mass is 10.2. The first-order valence-electron chi connectivity index (χ1n) is 7.73. The number of aromatic nitrogens is 4. The molecule has 1 amide bonds. The van der Waals surface area contributed by atoms with Crippen molar-refractivity contribution < 1.29 is 4.79 Å². The minimum absolute atomic E-state index is 0.0504. The summed E-state index contributed by atoms with van der Waals surface area (Å²) in [5, 5.41) is 5.50. The molecule has 0 aliphatic carbocycles. The van der Waals surface area contributed by atoms with Crippen molar-refractivity contribution in [1.29, 1.82) is 0 Å². The largest absolute Gasteiger partial charge is 0.325 e. The number of hydrogen-bond acceptors (Lipinski definition) is 6. The van der Waals surface area contributed by atoms with E-state index in [2.05, 4.69) is 25.6 Å². The molecule has 2 heterocycles. The van der Waals surface area contributed by atoms with Crippen molar-refractivity contribution in [2.75, 3.05) is 10.6 Å². The zero-order chi connectivity index (χ0) is 18.7. The Morgan fingerprint density at radius 1 is 1.08 bits per heavy atom. The Balaban J connectivity index is 1.81. The van der Waals surface area contributed by atoms with Crippen molar-refractivity contribution in [2.24, 2.45) is 0 Å². The van der Waals surface area contributed by atoms with E-state index in [1.807, 2.05) is 24.9 Å². The maximum absolute atomic E-state index is 12.3. The minimum Gasteiger partial charge on any atom is -0.324 e. The Labute approximate surface area is 147 Å². The number of hydrogen-bond donors (Lipinski definition) is 4. The van der Waals surface area contributed by atoms with E-state index >= 15 is 0 Å². The molecule has 0 unspecified atom stereocenters. The van der Waals surface area contributed by atoms with Gasteiger partial charge in [0.2, 0.25) is 5.95 Å². The molecule has 9 nitrogen and oxygen atoms in total. The Bertz CT molecular complexity index is 1070. The highest BCUT2D eigenvalue weighted by atomic mass is 16.2. The molecule has 1 aromatic carbocycles. The van der Waals surface area contributed by atoms with E-state index in [0.29, 0.717) is 17.2 Å². The predicted octanol–water partition coefficient (Wildman–Crippen LogP) is 1.47. The van der Waals surface area contributed by atoms with Crippen LogP contribution >= 0.6 is 0 Å². The molecule has 0 bridgehead atoms. The van der Waals surface area contributed by atoms with Crippen LogP contribution in [0.5, 0.6) is 0 Å². The van der Waals surface area contributed by atoms with Crippen molar-refractivity contribution in [3.63, 3.8) is 0 Å². The third kappa shape index (κ3) is 4.01. The van der Waals surface area contributed by atoms with Gasteiger partial charge in [0.05, 0.1) is 0 Å². The first-order chi connectivity index (χ1) is 12.4. The zero-order valence-electron chi connectivity index (χ0n) is 14.1. The third-order valence-corrected chi connectivity index (χ3v) is 3.43. The molecule has 4 N–H and O–H groups in total. The number of nitrogens with one attached hydrogen (secondary N) is 4. The van der Waals surface area contributed by atoms with Gasteiger partial charge in [-0.05, 0) is 38.1 Å². The first-order valence-corrected chi connectivity index (χ1v) is 7.73. The van der Waals surface area contributed by atoms with Gasteiger partial charge in [0.15, 0.2) is 0 Å². The maximum atomic E-state index is 12.3. The molecule has 26 heavy (non-hydrogen) atoms. The summed E-state index contributed by atoms with van der Waals surface area (Å²) in [6.07, 6.45) is 1.14. The smallest absolute Gasteiger partial charge is 0.324 e. The summed E-state index contributed by atoms with van der Waals surface area (Å²) in [5.74, 6) is -0.0651. The van der Waals surface area contributed by atoms with Gasteiger partial charge in [-0.2, -0.15) is 0 Å². The maximum Gasteiger partial charge on any atom is 0.325 e. The average Bonchev–Trinajstić information content (AvgIpc) is 2.56. The topological polar surface area (TPSA) is 133 Å². The number of aromatic amines is 2. The van der Waals surface area contributed by atoms with E-state index in [1.54, 1.807) is 24.3 Å². The van der Waals surface area contributed by atoms with Crippen LogP contribution < -0.4 is 21.9 Å². The number of carbonyl (C=O) groups is 1. The van der Waals surface area contributed by atoms with Crippen molar-refractivity contribution >= 4 is 23.2 Å². The van der Waals surface area contributed by atoms with Crippen LogP contribution in [0.3, 0.4) is 0 Å². The number of benzene rings is 1. The van der Waals surface area contributed by atoms with Gasteiger partial charge in [0, 0.05) is 28.8 Å². The quantitative estimate of drug-likeness (QED) is 0.562. The molecule has 132 valence electrons. The van der Waals surface area contributed by atoms with Gasteiger partial charge in [-0.25, -0.2) is 14.8 Å².